The van der Waals surface area contributed by atoms with E-state index in [4.69, 9.17) is 10.5 Å². The lowest BCUT2D eigenvalue weighted by molar-refractivity contribution is -0.384. The molecule has 166 valence electrons. The molecule has 0 saturated carbocycles. The second kappa shape index (κ2) is 8.93. The first-order chi connectivity index (χ1) is 16.0. The summed E-state index contributed by atoms with van der Waals surface area (Å²) in [6.45, 7) is 0. The Morgan fingerprint density at radius 3 is 2.67 bits per heavy atom. The Morgan fingerprint density at radius 2 is 2.00 bits per heavy atom. The van der Waals surface area contributed by atoms with Crippen LogP contribution >= 0.6 is 0 Å². The van der Waals surface area contributed by atoms with Crippen molar-refractivity contribution in [2.75, 3.05) is 12.8 Å². The summed E-state index contributed by atoms with van der Waals surface area (Å²) in [5.41, 5.74) is 9.04. The highest BCUT2D eigenvalue weighted by molar-refractivity contribution is 5.99. The quantitative estimate of drug-likeness (QED) is 0.238. The fourth-order valence-electron chi connectivity index (χ4n) is 2.91. The molecule has 0 aliphatic rings. The number of nitro groups is 1. The SMILES string of the molecule is COc1ccccc1C=NNC(=O)c1nnn(-c2nonc2N)c1-c1ccc([N+](=O)[O-])cc1. The number of carbonyl (C=O) groups is 1. The van der Waals surface area contributed by atoms with Crippen LogP contribution < -0.4 is 15.9 Å². The van der Waals surface area contributed by atoms with Crippen molar-refractivity contribution in [3.05, 3.63) is 69.9 Å². The summed E-state index contributed by atoms with van der Waals surface area (Å²) in [6, 6.07) is 12.5. The molecule has 0 saturated heterocycles. The number of non-ortho nitro benzene ring substituents is 1. The van der Waals surface area contributed by atoms with E-state index in [1.807, 2.05) is 0 Å². The van der Waals surface area contributed by atoms with E-state index >= 15 is 0 Å². The van der Waals surface area contributed by atoms with E-state index in [2.05, 4.69) is 35.8 Å². The van der Waals surface area contributed by atoms with Crippen molar-refractivity contribution in [1.82, 2.24) is 30.7 Å². The van der Waals surface area contributed by atoms with Crippen molar-refractivity contribution in [1.29, 1.82) is 0 Å². The predicted octanol–water partition coefficient (Wildman–Crippen LogP) is 1.58. The molecule has 2 heterocycles. The maximum Gasteiger partial charge on any atom is 0.294 e. The van der Waals surface area contributed by atoms with Gasteiger partial charge >= 0.3 is 0 Å². The number of nitrogen functional groups attached to an aromatic ring is 1. The highest BCUT2D eigenvalue weighted by atomic mass is 16.6. The number of nitrogens with two attached hydrogens (primary N) is 1. The largest absolute Gasteiger partial charge is 0.496 e. The zero-order valence-electron chi connectivity index (χ0n) is 16.9. The Kier molecular flexibility index (Phi) is 5.71. The number of para-hydroxylation sites is 1. The molecule has 0 unspecified atom stereocenters. The third-order valence-corrected chi connectivity index (χ3v) is 4.44. The van der Waals surface area contributed by atoms with Gasteiger partial charge in [0.05, 0.1) is 18.2 Å². The van der Waals surface area contributed by atoms with Crippen LogP contribution in [0.3, 0.4) is 0 Å². The summed E-state index contributed by atoms with van der Waals surface area (Å²) >= 11 is 0. The van der Waals surface area contributed by atoms with Gasteiger partial charge in [-0.25, -0.2) is 10.1 Å². The van der Waals surface area contributed by atoms with Crippen LogP contribution in [-0.4, -0.2) is 49.5 Å². The van der Waals surface area contributed by atoms with E-state index < -0.39 is 10.8 Å². The molecule has 3 N–H and O–H groups in total. The number of nitrogens with zero attached hydrogens (tertiary/aromatic N) is 7. The maximum atomic E-state index is 12.9. The number of ether oxygens (including phenoxy) is 1. The average molecular weight is 449 g/mol. The first kappa shape index (κ1) is 21.1. The zero-order valence-corrected chi connectivity index (χ0v) is 16.9. The number of nitro benzene ring substituents is 1. The van der Waals surface area contributed by atoms with Crippen LogP contribution in [0.4, 0.5) is 11.5 Å². The van der Waals surface area contributed by atoms with Gasteiger partial charge in [0.15, 0.2) is 5.69 Å². The van der Waals surface area contributed by atoms with Crippen molar-refractivity contribution in [3.63, 3.8) is 0 Å². The lowest BCUT2D eigenvalue weighted by atomic mass is 10.1. The van der Waals surface area contributed by atoms with E-state index in [-0.39, 0.29) is 28.7 Å². The molecule has 0 bridgehead atoms. The topological polar surface area (TPSA) is 189 Å². The van der Waals surface area contributed by atoms with Gasteiger partial charge in [-0.05, 0) is 34.6 Å². The number of anilines is 1. The van der Waals surface area contributed by atoms with Crippen LogP contribution in [0.25, 0.3) is 17.1 Å². The van der Waals surface area contributed by atoms with E-state index in [1.165, 1.54) is 37.6 Å². The van der Waals surface area contributed by atoms with Gasteiger partial charge in [0.2, 0.25) is 11.6 Å². The smallest absolute Gasteiger partial charge is 0.294 e. The molecule has 1 amide bonds. The van der Waals surface area contributed by atoms with E-state index in [0.29, 0.717) is 16.9 Å². The average Bonchev–Trinajstić information content (AvgIpc) is 3.45. The zero-order chi connectivity index (χ0) is 23.4. The van der Waals surface area contributed by atoms with Crippen LogP contribution in [0, 0.1) is 10.1 Å². The Hall–Kier alpha value is -5.14. The molecular weight excluding hydrogens is 434 g/mol. The molecule has 2 aromatic heterocycles. The number of nitrogens with one attached hydrogen (secondary N) is 1. The highest BCUT2D eigenvalue weighted by Gasteiger charge is 2.25. The molecule has 0 spiro atoms. The van der Waals surface area contributed by atoms with Crippen molar-refractivity contribution in [2.24, 2.45) is 5.10 Å². The van der Waals surface area contributed by atoms with Crippen molar-refractivity contribution >= 4 is 23.6 Å². The Balaban J connectivity index is 1.70. The van der Waals surface area contributed by atoms with Gasteiger partial charge in [-0.15, -0.1) is 5.10 Å². The molecule has 0 atom stereocenters. The molecule has 33 heavy (non-hydrogen) atoms. The normalized spacial score (nSPS) is 10.9. The summed E-state index contributed by atoms with van der Waals surface area (Å²) in [5.74, 6) is -0.227. The summed E-state index contributed by atoms with van der Waals surface area (Å²) in [6.07, 6.45) is 1.41. The van der Waals surface area contributed by atoms with Crippen molar-refractivity contribution in [2.45, 2.75) is 0 Å². The number of hydrogen-bond acceptors (Lipinski definition) is 11. The number of benzene rings is 2. The number of carbonyl (C=O) groups excluding carboxylic acids is 1. The molecule has 2 aromatic carbocycles. The number of aromatic nitrogens is 5. The Morgan fingerprint density at radius 1 is 1.24 bits per heavy atom. The maximum absolute atomic E-state index is 12.9. The minimum Gasteiger partial charge on any atom is -0.496 e. The molecule has 14 heteroatoms. The van der Waals surface area contributed by atoms with E-state index in [0.717, 1.165) is 4.68 Å². The monoisotopic (exact) mass is 449 g/mol. The van der Waals surface area contributed by atoms with Crippen LogP contribution in [0.5, 0.6) is 5.75 Å². The Bertz CT molecular complexity index is 1340. The van der Waals surface area contributed by atoms with Gasteiger partial charge in [0.1, 0.15) is 11.4 Å². The molecule has 4 rings (SSSR count). The summed E-state index contributed by atoms with van der Waals surface area (Å²) in [4.78, 5) is 23.3. The summed E-state index contributed by atoms with van der Waals surface area (Å²) in [7, 11) is 1.52. The number of hydrazone groups is 1. The van der Waals surface area contributed by atoms with Crippen LogP contribution in [-0.2, 0) is 0 Å². The molecular formula is C19H15N9O5. The number of amides is 1. The van der Waals surface area contributed by atoms with Gasteiger partial charge in [0.25, 0.3) is 11.6 Å². The van der Waals surface area contributed by atoms with Crippen LogP contribution in [0.15, 0.2) is 58.3 Å². The minimum atomic E-state index is -0.698. The lowest BCUT2D eigenvalue weighted by Gasteiger charge is -2.06. The predicted molar refractivity (Wildman–Crippen MR) is 114 cm³/mol. The fraction of sp³-hybridized carbons (Fsp3) is 0.0526. The minimum absolute atomic E-state index is 0.00701. The molecule has 0 fully saturated rings. The van der Waals surface area contributed by atoms with Gasteiger partial charge < -0.3 is 10.5 Å². The fourth-order valence-corrected chi connectivity index (χ4v) is 2.91. The van der Waals surface area contributed by atoms with Gasteiger partial charge in [0, 0.05) is 23.3 Å². The second-order valence-electron chi connectivity index (χ2n) is 6.42. The van der Waals surface area contributed by atoms with E-state index in [9.17, 15) is 14.9 Å². The lowest BCUT2D eigenvalue weighted by Crippen LogP contribution is -2.19. The Labute approximate surface area is 184 Å². The number of hydrogen-bond donors (Lipinski definition) is 2. The molecule has 0 aliphatic heterocycles. The molecule has 0 radical (unpaired) electrons. The number of rotatable bonds is 7. The molecule has 0 aliphatic carbocycles. The van der Waals surface area contributed by atoms with Gasteiger partial charge in [-0.1, -0.05) is 17.3 Å². The first-order valence-electron chi connectivity index (χ1n) is 9.25. The third kappa shape index (κ3) is 4.20. The standard InChI is InChI=1S/C19H15N9O5/c1-32-14-5-3-2-4-12(14)10-21-23-19(29)15-16(11-6-8-13(9-7-11)28(30)31)27(26-22-15)18-17(20)24-33-25-18/h2-10H,1H3,(H2,20,24)(H,23,29). The first-order valence-corrected chi connectivity index (χ1v) is 9.25. The highest BCUT2D eigenvalue weighted by Crippen LogP contribution is 2.28. The van der Waals surface area contributed by atoms with Gasteiger partial charge in [-0.3, -0.25) is 14.9 Å². The molecule has 4 aromatic rings. The molecule has 14 nitrogen and oxygen atoms in total. The van der Waals surface area contributed by atoms with Crippen molar-refractivity contribution < 1.29 is 19.1 Å². The third-order valence-electron chi connectivity index (χ3n) is 4.44. The second-order valence-corrected chi connectivity index (χ2v) is 6.42. The van der Waals surface area contributed by atoms with Gasteiger partial charge in [-0.2, -0.15) is 9.78 Å². The summed E-state index contributed by atoms with van der Waals surface area (Å²) < 4.78 is 11.0. The van der Waals surface area contributed by atoms with Crippen LogP contribution in [0.2, 0.25) is 0 Å². The van der Waals surface area contributed by atoms with Crippen LogP contribution in [0.1, 0.15) is 16.1 Å². The van der Waals surface area contributed by atoms with E-state index in [1.54, 1.807) is 24.3 Å². The van der Waals surface area contributed by atoms with Crippen molar-refractivity contribution in [3.8, 4) is 22.8 Å². The number of methoxy groups -OCH3 is 1. The summed E-state index contributed by atoms with van der Waals surface area (Å²) in [5, 5.41) is 29.9.